The van der Waals surface area contributed by atoms with Crippen LogP contribution in [0.5, 0.6) is 0 Å². The van der Waals surface area contributed by atoms with Gasteiger partial charge in [0.15, 0.2) is 0 Å². The summed E-state index contributed by atoms with van der Waals surface area (Å²) in [6.45, 7) is 4.57. The van der Waals surface area contributed by atoms with E-state index in [1.807, 2.05) is 48.5 Å². The number of rotatable bonds is 3. The molecule has 0 fully saturated rings. The molecule has 3 aromatic rings. The van der Waals surface area contributed by atoms with Gasteiger partial charge in [-0.1, -0.05) is 18.2 Å². The predicted octanol–water partition coefficient (Wildman–Crippen LogP) is 4.38. The Bertz CT molecular complexity index is 692. The Labute approximate surface area is 133 Å². The van der Waals surface area contributed by atoms with Gasteiger partial charge < -0.3 is 4.57 Å². The quantitative estimate of drug-likeness (QED) is 0.421. The van der Waals surface area contributed by atoms with Crippen molar-refractivity contribution in [1.82, 2.24) is 9.55 Å². The van der Waals surface area contributed by atoms with E-state index in [-0.39, 0.29) is 0 Å². The van der Waals surface area contributed by atoms with Crippen molar-refractivity contribution < 1.29 is 17.6 Å². The number of hydrogen-bond donors (Lipinski definition) is 0. The summed E-state index contributed by atoms with van der Waals surface area (Å²) in [6.07, 6.45) is 1.89. The number of fused-ring (bicyclic) bond motifs is 1. The van der Waals surface area contributed by atoms with Crippen LogP contribution in [0.2, 0.25) is 0 Å². The van der Waals surface area contributed by atoms with Gasteiger partial charge >= 0.3 is 27.2 Å². The van der Waals surface area contributed by atoms with Crippen LogP contribution in [0.4, 0.5) is 0 Å². The van der Waals surface area contributed by atoms with Crippen LogP contribution >= 0.6 is 9.64 Å². The molecular weight excluding hydrogens is 446 g/mol. The Balaban J connectivity index is 0.000000704. The summed E-state index contributed by atoms with van der Waals surface area (Å²) in [5, 5.41) is 0. The standard InChI is InChI=1S/C16H13N2.ClH.Os/c1-2-12-18-15-11-7-6-10-14(15)17-16(18)13-8-4-3-5-9-13;;/h2-8,10-11H,1,12H2;1H;/q-1;;+1/p-1. The van der Waals surface area contributed by atoms with E-state index in [0.717, 1.165) is 29.0 Å². The topological polar surface area (TPSA) is 17.8 Å². The Morgan fingerprint density at radius 2 is 1.95 bits per heavy atom. The van der Waals surface area contributed by atoms with Crippen LogP contribution in [-0.2, 0) is 24.1 Å². The van der Waals surface area contributed by atoms with E-state index in [2.05, 4.69) is 37.9 Å². The van der Waals surface area contributed by atoms with Crippen molar-refractivity contribution in [2.75, 3.05) is 0 Å². The molecule has 0 radical (unpaired) electrons. The predicted molar refractivity (Wildman–Crippen MR) is 80.1 cm³/mol. The Hall–Kier alpha value is -1.42. The summed E-state index contributed by atoms with van der Waals surface area (Å²) in [4.78, 5) is 4.69. The number of nitrogens with zero attached hydrogens (tertiary/aromatic N) is 2. The first kappa shape index (κ1) is 15.0. The van der Waals surface area contributed by atoms with Crippen molar-refractivity contribution in [3.8, 4) is 11.4 Å². The number of imidazole rings is 1. The van der Waals surface area contributed by atoms with Gasteiger partial charge in [-0.2, -0.15) is 0 Å². The average Bonchev–Trinajstić information content (AvgIpc) is 2.90. The molecule has 1 heterocycles. The first-order valence-corrected chi connectivity index (χ1v) is 9.21. The number of benzene rings is 2. The monoisotopic (exact) mass is 460 g/mol. The molecule has 0 aliphatic heterocycles. The van der Waals surface area contributed by atoms with Crippen LogP contribution in [0.25, 0.3) is 22.4 Å². The van der Waals surface area contributed by atoms with Gasteiger partial charge in [0.1, 0.15) is 0 Å². The van der Waals surface area contributed by atoms with Gasteiger partial charge in [0, 0.05) is 6.54 Å². The van der Waals surface area contributed by atoms with Gasteiger partial charge in [-0.05, 0) is 12.1 Å². The molecule has 20 heavy (non-hydrogen) atoms. The zero-order chi connectivity index (χ0) is 14.4. The third-order valence-corrected chi connectivity index (χ3v) is 2.92. The van der Waals surface area contributed by atoms with Gasteiger partial charge in [0.25, 0.3) is 0 Å². The molecule has 2 aromatic carbocycles. The van der Waals surface area contributed by atoms with Gasteiger partial charge in [-0.25, -0.2) is 0 Å². The molecule has 0 aliphatic rings. The van der Waals surface area contributed by atoms with Crippen LogP contribution in [0.1, 0.15) is 0 Å². The van der Waals surface area contributed by atoms with Gasteiger partial charge in [-0.3, -0.25) is 4.98 Å². The summed E-state index contributed by atoms with van der Waals surface area (Å²) >= 11 is 1.33. The molecule has 0 atom stereocenters. The molecule has 0 unspecified atom stereocenters. The van der Waals surface area contributed by atoms with Crippen molar-refractivity contribution in [3.05, 3.63) is 67.3 Å². The molecule has 0 bridgehead atoms. The third-order valence-electron chi connectivity index (χ3n) is 2.92. The fraction of sp³-hybridized carbons (Fsp3) is 0.0625. The zero-order valence-electron chi connectivity index (χ0n) is 10.7. The molecule has 0 N–H and O–H groups in total. The minimum atomic E-state index is 0.749. The molecule has 0 aliphatic carbocycles. The number of para-hydroxylation sites is 2. The van der Waals surface area contributed by atoms with E-state index >= 15 is 0 Å². The Morgan fingerprint density at radius 3 is 2.65 bits per heavy atom. The second-order valence-electron chi connectivity index (χ2n) is 4.10. The van der Waals surface area contributed by atoms with Crippen molar-refractivity contribution in [1.29, 1.82) is 0 Å². The Morgan fingerprint density at radius 1 is 1.20 bits per heavy atom. The summed E-state index contributed by atoms with van der Waals surface area (Å²) in [7, 11) is 4.67. The van der Waals surface area contributed by atoms with Crippen molar-refractivity contribution in [2.24, 2.45) is 0 Å². The van der Waals surface area contributed by atoms with Crippen LogP contribution < -0.4 is 0 Å². The molecule has 0 spiro atoms. The average molecular weight is 459 g/mol. The summed E-state index contributed by atoms with van der Waals surface area (Å²) in [5.74, 6) is 0.941. The molecule has 3 rings (SSSR count). The minimum absolute atomic E-state index is 0.749. The Kier molecular flexibility index (Phi) is 5.53. The van der Waals surface area contributed by atoms with Crippen LogP contribution in [0, 0.1) is 6.07 Å². The summed E-state index contributed by atoms with van der Waals surface area (Å²) < 4.78 is 2.16. The molecule has 103 valence electrons. The van der Waals surface area contributed by atoms with Crippen LogP contribution in [0.3, 0.4) is 0 Å². The molecule has 0 saturated carbocycles. The SMILES string of the molecule is C=CCn1c(-c2[c-]cccc2)nc2ccccc21.[Cl][Os]. The van der Waals surface area contributed by atoms with E-state index < -0.39 is 0 Å². The first-order valence-electron chi connectivity index (χ1n) is 6.07. The second kappa shape index (κ2) is 7.38. The van der Waals surface area contributed by atoms with Crippen LogP contribution in [0.15, 0.2) is 61.2 Å². The fourth-order valence-electron chi connectivity index (χ4n) is 2.13. The molecule has 0 amide bonds. The molecule has 2 nitrogen and oxygen atoms in total. The van der Waals surface area contributed by atoms with Crippen molar-refractivity contribution in [3.63, 3.8) is 0 Å². The van der Waals surface area contributed by atoms with E-state index in [9.17, 15) is 0 Å². The molecule has 1 aromatic heterocycles. The van der Waals surface area contributed by atoms with E-state index in [0.29, 0.717) is 0 Å². The molecule has 4 heteroatoms. The van der Waals surface area contributed by atoms with E-state index in [4.69, 9.17) is 0 Å². The number of aromatic nitrogens is 2. The first-order chi connectivity index (χ1) is 9.90. The second-order valence-corrected chi connectivity index (χ2v) is 4.10. The molecular formula is C16H13ClN2Os-. The van der Waals surface area contributed by atoms with Crippen molar-refractivity contribution >= 4 is 20.7 Å². The number of halogens is 1. The third kappa shape index (κ3) is 3.01. The number of allylic oxidation sites excluding steroid dienone is 1. The van der Waals surface area contributed by atoms with Gasteiger partial charge in [-0.15, -0.1) is 42.5 Å². The fourth-order valence-corrected chi connectivity index (χ4v) is 2.13. The summed E-state index contributed by atoms with van der Waals surface area (Å²) in [5.41, 5.74) is 3.15. The van der Waals surface area contributed by atoms with Crippen molar-refractivity contribution in [2.45, 2.75) is 6.54 Å². The van der Waals surface area contributed by atoms with E-state index in [1.54, 1.807) is 0 Å². The van der Waals surface area contributed by atoms with Gasteiger partial charge in [0.2, 0.25) is 0 Å². The maximum atomic E-state index is 4.69. The molecule has 0 saturated heterocycles. The van der Waals surface area contributed by atoms with E-state index in [1.165, 1.54) is 17.6 Å². The maximum absolute atomic E-state index is 4.69. The van der Waals surface area contributed by atoms with Crippen LogP contribution in [-0.4, -0.2) is 9.55 Å². The number of hydrogen-bond acceptors (Lipinski definition) is 1. The normalized spacial score (nSPS) is 9.90. The van der Waals surface area contributed by atoms with Gasteiger partial charge in [0.05, 0.1) is 16.9 Å². The zero-order valence-corrected chi connectivity index (χ0v) is 14.0. The summed E-state index contributed by atoms with van der Waals surface area (Å²) in [6, 6.07) is 19.3.